The van der Waals surface area contributed by atoms with Crippen LogP contribution in [-0.4, -0.2) is 6.04 Å². The van der Waals surface area contributed by atoms with Crippen LogP contribution in [0, 0.1) is 5.82 Å². The first-order chi connectivity index (χ1) is 8.16. The lowest BCUT2D eigenvalue weighted by Crippen LogP contribution is -2.33. The SMILES string of the molecule is CC(NC1CCCCC1)c1ccc(Cl)c(F)c1. The first kappa shape index (κ1) is 12.8. The standard InChI is InChI=1S/C14H19ClFN/c1-10(17-12-5-3-2-4-6-12)11-7-8-13(15)14(16)9-11/h7-10,12,17H,2-6H2,1H3. The van der Waals surface area contributed by atoms with E-state index in [1.807, 2.05) is 6.07 Å². The third kappa shape index (κ3) is 3.43. The first-order valence-corrected chi connectivity index (χ1v) is 6.75. The second-order valence-corrected chi connectivity index (χ2v) is 5.30. The van der Waals surface area contributed by atoms with E-state index in [2.05, 4.69) is 12.2 Å². The van der Waals surface area contributed by atoms with E-state index >= 15 is 0 Å². The lowest BCUT2D eigenvalue weighted by molar-refractivity contribution is 0.346. The van der Waals surface area contributed by atoms with Gasteiger partial charge in [-0.15, -0.1) is 0 Å². The van der Waals surface area contributed by atoms with Gasteiger partial charge in [0.25, 0.3) is 0 Å². The van der Waals surface area contributed by atoms with Crippen molar-refractivity contribution in [2.75, 3.05) is 0 Å². The van der Waals surface area contributed by atoms with E-state index in [4.69, 9.17) is 11.6 Å². The molecule has 94 valence electrons. The van der Waals surface area contributed by atoms with Gasteiger partial charge in [0.15, 0.2) is 0 Å². The molecule has 1 aromatic carbocycles. The number of nitrogens with one attached hydrogen (secondary N) is 1. The summed E-state index contributed by atoms with van der Waals surface area (Å²) in [4.78, 5) is 0. The van der Waals surface area contributed by atoms with E-state index in [0.717, 1.165) is 5.56 Å². The Bertz CT molecular complexity index is 374. The second-order valence-electron chi connectivity index (χ2n) is 4.90. The molecule has 1 atom stereocenters. The Morgan fingerprint density at radius 1 is 1.29 bits per heavy atom. The van der Waals surface area contributed by atoms with Crippen molar-refractivity contribution in [1.29, 1.82) is 0 Å². The van der Waals surface area contributed by atoms with E-state index in [0.29, 0.717) is 6.04 Å². The minimum absolute atomic E-state index is 0.185. The van der Waals surface area contributed by atoms with Crippen molar-refractivity contribution in [2.45, 2.75) is 51.1 Å². The van der Waals surface area contributed by atoms with Crippen LogP contribution >= 0.6 is 11.6 Å². The molecule has 1 fully saturated rings. The zero-order valence-corrected chi connectivity index (χ0v) is 10.9. The highest BCUT2D eigenvalue weighted by molar-refractivity contribution is 6.30. The molecule has 3 heteroatoms. The Labute approximate surface area is 107 Å². The molecule has 17 heavy (non-hydrogen) atoms. The van der Waals surface area contributed by atoms with Crippen LogP contribution in [0.3, 0.4) is 0 Å². The summed E-state index contributed by atoms with van der Waals surface area (Å²) < 4.78 is 13.4. The van der Waals surface area contributed by atoms with Crippen LogP contribution in [0.4, 0.5) is 4.39 Å². The van der Waals surface area contributed by atoms with E-state index in [1.54, 1.807) is 6.07 Å². The van der Waals surface area contributed by atoms with E-state index < -0.39 is 0 Å². The Kier molecular flexibility index (Phi) is 4.41. The van der Waals surface area contributed by atoms with E-state index in [1.165, 1.54) is 38.2 Å². The van der Waals surface area contributed by atoms with Gasteiger partial charge in [0, 0.05) is 12.1 Å². The fourth-order valence-corrected chi connectivity index (χ4v) is 2.62. The zero-order valence-electron chi connectivity index (χ0n) is 10.2. The minimum atomic E-state index is -0.332. The van der Waals surface area contributed by atoms with Crippen LogP contribution < -0.4 is 5.32 Å². The summed E-state index contributed by atoms with van der Waals surface area (Å²) in [5.74, 6) is -0.332. The van der Waals surface area contributed by atoms with Crippen LogP contribution in [-0.2, 0) is 0 Å². The molecule has 1 saturated carbocycles. The number of benzene rings is 1. The Hall–Kier alpha value is -0.600. The monoisotopic (exact) mass is 255 g/mol. The second kappa shape index (κ2) is 5.83. The van der Waals surface area contributed by atoms with Gasteiger partial charge in [0.1, 0.15) is 5.82 Å². The van der Waals surface area contributed by atoms with E-state index in [9.17, 15) is 4.39 Å². The van der Waals surface area contributed by atoms with Gasteiger partial charge < -0.3 is 5.32 Å². The average molecular weight is 256 g/mol. The highest BCUT2D eigenvalue weighted by atomic mass is 35.5. The molecule has 1 nitrogen and oxygen atoms in total. The lowest BCUT2D eigenvalue weighted by atomic mass is 9.94. The molecule has 1 aliphatic rings. The molecule has 0 radical (unpaired) electrons. The van der Waals surface area contributed by atoms with Crippen molar-refractivity contribution in [1.82, 2.24) is 5.32 Å². The van der Waals surface area contributed by atoms with Crippen molar-refractivity contribution >= 4 is 11.6 Å². The van der Waals surface area contributed by atoms with Crippen molar-refractivity contribution in [3.05, 3.63) is 34.6 Å². The minimum Gasteiger partial charge on any atom is -0.307 e. The maximum Gasteiger partial charge on any atom is 0.142 e. The van der Waals surface area contributed by atoms with Crippen LogP contribution in [0.1, 0.15) is 50.6 Å². The summed E-state index contributed by atoms with van der Waals surface area (Å²) in [6, 6.07) is 5.82. The Morgan fingerprint density at radius 3 is 2.65 bits per heavy atom. The molecule has 0 bridgehead atoms. The third-order valence-corrected chi connectivity index (χ3v) is 3.84. The quantitative estimate of drug-likeness (QED) is 0.841. The molecule has 0 heterocycles. The van der Waals surface area contributed by atoms with Gasteiger partial charge in [-0.3, -0.25) is 0 Å². The number of rotatable bonds is 3. The highest BCUT2D eigenvalue weighted by Gasteiger charge is 2.16. The largest absolute Gasteiger partial charge is 0.307 e. The number of halogens is 2. The molecule has 0 saturated heterocycles. The maximum atomic E-state index is 13.4. The summed E-state index contributed by atoms with van der Waals surface area (Å²) in [7, 11) is 0. The van der Waals surface area contributed by atoms with Gasteiger partial charge in [-0.1, -0.05) is 36.9 Å². The number of hydrogen-bond donors (Lipinski definition) is 1. The molecular weight excluding hydrogens is 237 g/mol. The normalized spacial score (nSPS) is 19.2. The summed E-state index contributed by atoms with van der Waals surface area (Å²) in [5, 5.41) is 3.77. The molecular formula is C14H19ClFN. The molecule has 0 amide bonds. The molecule has 1 N–H and O–H groups in total. The van der Waals surface area contributed by atoms with Crippen LogP contribution in [0.25, 0.3) is 0 Å². The van der Waals surface area contributed by atoms with Crippen molar-refractivity contribution in [3.63, 3.8) is 0 Å². The smallest absolute Gasteiger partial charge is 0.142 e. The summed E-state index contributed by atoms with van der Waals surface area (Å²) in [6.07, 6.45) is 6.43. The molecule has 1 unspecified atom stereocenters. The van der Waals surface area contributed by atoms with Gasteiger partial charge >= 0.3 is 0 Å². The Balaban J connectivity index is 1.98. The van der Waals surface area contributed by atoms with Crippen LogP contribution in [0.15, 0.2) is 18.2 Å². The molecule has 0 aliphatic heterocycles. The van der Waals surface area contributed by atoms with Gasteiger partial charge in [-0.25, -0.2) is 4.39 Å². The van der Waals surface area contributed by atoms with Crippen LogP contribution in [0.2, 0.25) is 5.02 Å². The van der Waals surface area contributed by atoms with Crippen molar-refractivity contribution < 1.29 is 4.39 Å². The summed E-state index contributed by atoms with van der Waals surface area (Å²) in [5.41, 5.74) is 0.970. The van der Waals surface area contributed by atoms with Gasteiger partial charge in [0.2, 0.25) is 0 Å². The molecule has 1 aromatic rings. The predicted octanol–water partition coefficient (Wildman–Crippen LogP) is 4.46. The fraction of sp³-hybridized carbons (Fsp3) is 0.571. The zero-order chi connectivity index (χ0) is 12.3. The van der Waals surface area contributed by atoms with Crippen molar-refractivity contribution in [3.8, 4) is 0 Å². The average Bonchev–Trinajstić information content (AvgIpc) is 2.34. The molecule has 0 aromatic heterocycles. The molecule has 2 rings (SSSR count). The van der Waals surface area contributed by atoms with E-state index in [-0.39, 0.29) is 16.9 Å². The third-order valence-electron chi connectivity index (χ3n) is 3.53. The van der Waals surface area contributed by atoms with Gasteiger partial charge in [-0.05, 0) is 37.5 Å². The summed E-state index contributed by atoms with van der Waals surface area (Å²) >= 11 is 5.68. The molecule has 1 aliphatic carbocycles. The van der Waals surface area contributed by atoms with Gasteiger partial charge in [0.05, 0.1) is 5.02 Å². The lowest BCUT2D eigenvalue weighted by Gasteiger charge is -2.26. The summed E-state index contributed by atoms with van der Waals surface area (Å²) in [6.45, 7) is 2.08. The maximum absolute atomic E-state index is 13.4. The predicted molar refractivity (Wildman–Crippen MR) is 69.8 cm³/mol. The molecule has 0 spiro atoms. The number of hydrogen-bond acceptors (Lipinski definition) is 1. The van der Waals surface area contributed by atoms with Crippen LogP contribution in [0.5, 0.6) is 0 Å². The fourth-order valence-electron chi connectivity index (χ4n) is 2.50. The first-order valence-electron chi connectivity index (χ1n) is 6.38. The topological polar surface area (TPSA) is 12.0 Å². The highest BCUT2D eigenvalue weighted by Crippen LogP contribution is 2.23. The Morgan fingerprint density at radius 2 is 2.00 bits per heavy atom. The van der Waals surface area contributed by atoms with Gasteiger partial charge in [-0.2, -0.15) is 0 Å². The van der Waals surface area contributed by atoms with Crippen molar-refractivity contribution in [2.24, 2.45) is 0 Å².